The number of likely N-dealkylation sites (N-methyl/N-ethyl adjacent to an activating group) is 1. The molecule has 0 spiro atoms. The second-order valence-corrected chi connectivity index (χ2v) is 5.14. The molecule has 0 saturated heterocycles. The Morgan fingerprint density at radius 2 is 2.30 bits per heavy atom. The molecule has 1 aromatic carbocycles. The second kappa shape index (κ2) is 6.21. The highest BCUT2D eigenvalue weighted by molar-refractivity contribution is 7.80. The predicted octanol–water partition coefficient (Wildman–Crippen LogP) is 1.43. The first-order chi connectivity index (χ1) is 9.58. The standard InChI is InChI=1S/C14H19N3O2S/c1-17(5-6-18)13(14(15)20)11-8-16-12-4-3-9(19-2)7-10(11)12/h3-4,7-8,13,16,18H,5-6H2,1-2H3,(H2,15,20). The summed E-state index contributed by atoms with van der Waals surface area (Å²) < 4.78 is 5.26. The molecule has 0 fully saturated rings. The lowest BCUT2D eigenvalue weighted by molar-refractivity contribution is 0.208. The number of aromatic nitrogens is 1. The van der Waals surface area contributed by atoms with Crippen LogP contribution in [0.2, 0.25) is 0 Å². The lowest BCUT2D eigenvalue weighted by atomic mass is 10.0. The predicted molar refractivity (Wildman–Crippen MR) is 84.1 cm³/mol. The molecule has 0 radical (unpaired) electrons. The van der Waals surface area contributed by atoms with Gasteiger partial charge in [-0.2, -0.15) is 0 Å². The normalized spacial score (nSPS) is 12.8. The van der Waals surface area contributed by atoms with Crippen LogP contribution in [0.25, 0.3) is 10.9 Å². The number of fused-ring (bicyclic) bond motifs is 1. The Morgan fingerprint density at radius 3 is 2.90 bits per heavy atom. The Bertz CT molecular complexity index is 611. The fourth-order valence-electron chi connectivity index (χ4n) is 2.37. The van der Waals surface area contributed by atoms with Crippen molar-refractivity contribution < 1.29 is 9.84 Å². The number of methoxy groups -OCH3 is 1. The minimum absolute atomic E-state index is 0.0568. The third-order valence-corrected chi connectivity index (χ3v) is 3.60. The van der Waals surface area contributed by atoms with Crippen LogP contribution in [-0.4, -0.2) is 47.3 Å². The molecule has 4 N–H and O–H groups in total. The zero-order valence-corrected chi connectivity index (χ0v) is 12.4. The maximum Gasteiger partial charge on any atom is 0.119 e. The minimum Gasteiger partial charge on any atom is -0.497 e. The number of nitrogens with one attached hydrogen (secondary N) is 1. The van der Waals surface area contributed by atoms with Gasteiger partial charge in [0.1, 0.15) is 5.75 Å². The van der Waals surface area contributed by atoms with Crippen LogP contribution in [0, 0.1) is 0 Å². The Labute approximate surface area is 123 Å². The van der Waals surface area contributed by atoms with Crippen LogP contribution in [-0.2, 0) is 0 Å². The number of H-pyrrole nitrogens is 1. The highest BCUT2D eigenvalue weighted by Crippen LogP contribution is 2.30. The molecule has 1 atom stereocenters. The van der Waals surface area contributed by atoms with Gasteiger partial charge >= 0.3 is 0 Å². The highest BCUT2D eigenvalue weighted by atomic mass is 32.1. The molecule has 0 saturated carbocycles. The number of aliphatic hydroxyl groups is 1. The fourth-order valence-corrected chi connectivity index (χ4v) is 2.68. The van der Waals surface area contributed by atoms with Crippen molar-refractivity contribution in [2.45, 2.75) is 6.04 Å². The summed E-state index contributed by atoms with van der Waals surface area (Å²) in [7, 11) is 3.52. The van der Waals surface area contributed by atoms with Gasteiger partial charge in [-0.25, -0.2) is 0 Å². The Balaban J connectivity index is 2.50. The lowest BCUT2D eigenvalue weighted by Gasteiger charge is -2.26. The van der Waals surface area contributed by atoms with Gasteiger partial charge in [-0.05, 0) is 25.2 Å². The number of nitrogens with zero attached hydrogens (tertiary/aromatic N) is 1. The fraction of sp³-hybridized carbons (Fsp3) is 0.357. The van der Waals surface area contributed by atoms with E-state index in [0.717, 1.165) is 22.2 Å². The molecule has 0 aliphatic carbocycles. The number of hydrogen-bond acceptors (Lipinski definition) is 4. The highest BCUT2D eigenvalue weighted by Gasteiger charge is 2.23. The van der Waals surface area contributed by atoms with Crippen molar-refractivity contribution in [1.82, 2.24) is 9.88 Å². The maximum atomic E-state index is 9.11. The minimum atomic E-state index is -0.224. The molecule has 5 nitrogen and oxygen atoms in total. The quantitative estimate of drug-likeness (QED) is 0.703. The lowest BCUT2D eigenvalue weighted by Crippen LogP contribution is -2.35. The molecule has 1 unspecified atom stereocenters. The summed E-state index contributed by atoms with van der Waals surface area (Å²) in [6.45, 7) is 0.555. The molecular formula is C14H19N3O2S. The van der Waals surface area contributed by atoms with Crippen LogP contribution in [0.4, 0.5) is 0 Å². The van der Waals surface area contributed by atoms with Crippen LogP contribution in [0.3, 0.4) is 0 Å². The summed E-state index contributed by atoms with van der Waals surface area (Å²) in [5, 5.41) is 10.1. The first-order valence-electron chi connectivity index (χ1n) is 6.34. The number of thiocarbonyl (C=S) groups is 1. The van der Waals surface area contributed by atoms with Crippen molar-refractivity contribution in [3.05, 3.63) is 30.0 Å². The molecule has 20 heavy (non-hydrogen) atoms. The maximum absolute atomic E-state index is 9.11. The second-order valence-electron chi connectivity index (χ2n) is 4.66. The average Bonchev–Trinajstić information content (AvgIpc) is 2.82. The van der Waals surface area contributed by atoms with E-state index >= 15 is 0 Å². The third kappa shape index (κ3) is 2.77. The molecule has 6 heteroatoms. The van der Waals surface area contributed by atoms with Gasteiger partial charge in [0.2, 0.25) is 0 Å². The first kappa shape index (κ1) is 14.8. The zero-order chi connectivity index (χ0) is 14.7. The van der Waals surface area contributed by atoms with E-state index in [0.29, 0.717) is 11.5 Å². The molecule has 0 amide bonds. The van der Waals surface area contributed by atoms with Gasteiger partial charge < -0.3 is 20.6 Å². The summed E-state index contributed by atoms with van der Waals surface area (Å²) in [6, 6.07) is 5.59. The van der Waals surface area contributed by atoms with Crippen molar-refractivity contribution >= 4 is 28.1 Å². The van der Waals surface area contributed by atoms with Crippen LogP contribution in [0.15, 0.2) is 24.4 Å². The van der Waals surface area contributed by atoms with E-state index in [1.54, 1.807) is 7.11 Å². The smallest absolute Gasteiger partial charge is 0.119 e. The van der Waals surface area contributed by atoms with Gasteiger partial charge in [-0.3, -0.25) is 4.90 Å². The van der Waals surface area contributed by atoms with E-state index in [-0.39, 0.29) is 12.6 Å². The van der Waals surface area contributed by atoms with Crippen LogP contribution in [0.5, 0.6) is 5.75 Å². The first-order valence-corrected chi connectivity index (χ1v) is 6.74. The van der Waals surface area contributed by atoms with Gasteiger partial charge in [0, 0.05) is 29.2 Å². The number of aromatic amines is 1. The van der Waals surface area contributed by atoms with E-state index in [1.807, 2.05) is 36.3 Å². The van der Waals surface area contributed by atoms with Crippen molar-refractivity contribution in [1.29, 1.82) is 0 Å². The van der Waals surface area contributed by atoms with Crippen molar-refractivity contribution in [2.24, 2.45) is 5.73 Å². The van der Waals surface area contributed by atoms with Gasteiger partial charge in [0.05, 0.1) is 24.7 Å². The number of nitrogens with two attached hydrogens (primary N) is 1. The zero-order valence-electron chi connectivity index (χ0n) is 11.6. The average molecular weight is 293 g/mol. The number of ether oxygens (including phenoxy) is 1. The topological polar surface area (TPSA) is 74.5 Å². The molecule has 0 aliphatic heterocycles. The third-order valence-electron chi connectivity index (χ3n) is 3.38. The molecule has 0 bridgehead atoms. The number of aliphatic hydroxyl groups excluding tert-OH is 1. The number of rotatable bonds is 6. The van der Waals surface area contributed by atoms with E-state index in [2.05, 4.69) is 4.98 Å². The SMILES string of the molecule is COc1ccc2[nH]cc(C(C(N)=S)N(C)CCO)c2c1. The molecular weight excluding hydrogens is 274 g/mol. The van der Waals surface area contributed by atoms with Gasteiger partial charge in [0.15, 0.2) is 0 Å². The van der Waals surface area contributed by atoms with Crippen LogP contribution >= 0.6 is 12.2 Å². The molecule has 1 heterocycles. The van der Waals surface area contributed by atoms with E-state index < -0.39 is 0 Å². The van der Waals surface area contributed by atoms with E-state index in [4.69, 9.17) is 27.8 Å². The van der Waals surface area contributed by atoms with E-state index in [1.165, 1.54) is 0 Å². The van der Waals surface area contributed by atoms with E-state index in [9.17, 15) is 0 Å². The number of hydrogen-bond donors (Lipinski definition) is 3. The largest absolute Gasteiger partial charge is 0.497 e. The van der Waals surface area contributed by atoms with Gasteiger partial charge in [0.25, 0.3) is 0 Å². The van der Waals surface area contributed by atoms with Gasteiger partial charge in [-0.1, -0.05) is 12.2 Å². The van der Waals surface area contributed by atoms with Crippen LogP contribution < -0.4 is 10.5 Å². The summed E-state index contributed by atoms with van der Waals surface area (Å²) in [5.41, 5.74) is 7.87. The van der Waals surface area contributed by atoms with Crippen LogP contribution in [0.1, 0.15) is 11.6 Å². The van der Waals surface area contributed by atoms with Gasteiger partial charge in [-0.15, -0.1) is 0 Å². The van der Waals surface area contributed by atoms with Crippen molar-refractivity contribution in [3.63, 3.8) is 0 Å². The molecule has 1 aromatic heterocycles. The molecule has 2 rings (SSSR count). The molecule has 108 valence electrons. The summed E-state index contributed by atoms with van der Waals surface area (Å²) in [6.07, 6.45) is 1.90. The summed E-state index contributed by atoms with van der Waals surface area (Å²) in [5.74, 6) is 0.782. The Morgan fingerprint density at radius 1 is 1.55 bits per heavy atom. The summed E-state index contributed by atoms with van der Waals surface area (Å²) in [4.78, 5) is 5.53. The summed E-state index contributed by atoms with van der Waals surface area (Å²) >= 11 is 5.19. The Kier molecular flexibility index (Phi) is 4.59. The Hall–Kier alpha value is -1.63. The van der Waals surface area contributed by atoms with Crippen molar-refractivity contribution in [3.8, 4) is 5.75 Å². The molecule has 2 aromatic rings. The number of benzene rings is 1. The van der Waals surface area contributed by atoms with Crippen molar-refractivity contribution in [2.75, 3.05) is 27.3 Å². The molecule has 0 aliphatic rings. The monoisotopic (exact) mass is 293 g/mol.